The van der Waals surface area contributed by atoms with E-state index in [1.165, 1.54) is 6.92 Å². The fourth-order valence-corrected chi connectivity index (χ4v) is 1.68. The molecule has 0 radical (unpaired) electrons. The molecule has 0 aliphatic carbocycles. The van der Waals surface area contributed by atoms with Crippen LogP contribution in [0.1, 0.15) is 5.69 Å². The maximum atomic E-state index is 11.0. The van der Waals surface area contributed by atoms with E-state index in [0.29, 0.717) is 4.09 Å². The minimum absolute atomic E-state index is 0.217. The first kappa shape index (κ1) is 9.65. The molecule has 0 atom stereocenters. The van der Waals surface area contributed by atoms with Gasteiger partial charge in [0, 0.05) is 0 Å². The second-order valence-electron chi connectivity index (χ2n) is 2.51. The van der Waals surface area contributed by atoms with Crippen LogP contribution >= 0.6 is 0 Å². The summed E-state index contributed by atoms with van der Waals surface area (Å²) >= 11 is 0. The molecule has 72 valence electrons. The summed E-state index contributed by atoms with van der Waals surface area (Å²) < 4.78 is 22.6. The predicted molar refractivity (Wildman–Crippen MR) is 43.9 cm³/mol. The first-order valence-corrected chi connectivity index (χ1v) is 5.09. The van der Waals surface area contributed by atoms with E-state index in [1.54, 1.807) is 0 Å². The summed E-state index contributed by atoms with van der Waals surface area (Å²) in [6.45, 7) is 1.43. The molecule has 1 rings (SSSR count). The van der Waals surface area contributed by atoms with Crippen molar-refractivity contribution in [2.45, 2.75) is 6.92 Å². The molecule has 13 heavy (non-hydrogen) atoms. The Bertz CT molecular complexity index is 446. The molecule has 0 fully saturated rings. The lowest BCUT2D eigenvalue weighted by molar-refractivity contribution is -0.389. The molecule has 1 heterocycles. The number of hydrogen-bond acceptors (Lipinski definition) is 5. The van der Waals surface area contributed by atoms with Crippen LogP contribution in [-0.4, -0.2) is 28.8 Å². The predicted octanol–water partition coefficient (Wildman–Crippen LogP) is -0.0926. The number of aromatic nitrogens is 2. The molecule has 0 saturated carbocycles. The van der Waals surface area contributed by atoms with Gasteiger partial charge in [-0.15, -0.1) is 0 Å². The smallest absolute Gasteiger partial charge is 0.358 e. The molecule has 0 bridgehead atoms. The van der Waals surface area contributed by atoms with Crippen molar-refractivity contribution in [3.05, 3.63) is 21.9 Å². The van der Waals surface area contributed by atoms with Gasteiger partial charge in [0.2, 0.25) is 0 Å². The highest BCUT2D eigenvalue weighted by atomic mass is 32.2. The zero-order valence-corrected chi connectivity index (χ0v) is 7.78. The van der Waals surface area contributed by atoms with Gasteiger partial charge in [-0.3, -0.25) is 0 Å². The Morgan fingerprint density at radius 1 is 1.62 bits per heavy atom. The van der Waals surface area contributed by atoms with Crippen LogP contribution in [0.3, 0.4) is 0 Å². The third-order valence-corrected chi connectivity index (χ3v) is 2.33. The van der Waals surface area contributed by atoms with E-state index in [4.69, 9.17) is 0 Å². The maximum Gasteiger partial charge on any atom is 0.391 e. The summed E-state index contributed by atoms with van der Waals surface area (Å²) in [4.78, 5) is 9.49. The Balaban J connectivity index is 3.35. The molecule has 8 heteroatoms. The highest BCUT2D eigenvalue weighted by Gasteiger charge is 2.21. The minimum Gasteiger partial charge on any atom is -0.358 e. The van der Waals surface area contributed by atoms with Gasteiger partial charge in [0.25, 0.3) is 10.0 Å². The SMILES string of the molecule is Cc1cc([N+](=O)[O-])nn1S(C)(=O)=O. The monoisotopic (exact) mass is 205 g/mol. The van der Waals surface area contributed by atoms with E-state index in [1.807, 2.05) is 0 Å². The van der Waals surface area contributed by atoms with Crippen molar-refractivity contribution in [3.63, 3.8) is 0 Å². The van der Waals surface area contributed by atoms with Crippen LogP contribution < -0.4 is 0 Å². The van der Waals surface area contributed by atoms with E-state index >= 15 is 0 Å². The Kier molecular flexibility index (Phi) is 2.08. The standard InChI is InChI=1S/C5H7N3O4S/c1-4-3-5(8(9)10)6-7(4)13(2,11)12/h3H,1-2H3. The van der Waals surface area contributed by atoms with Crippen LogP contribution in [0.15, 0.2) is 6.07 Å². The van der Waals surface area contributed by atoms with Crippen molar-refractivity contribution < 1.29 is 13.3 Å². The van der Waals surface area contributed by atoms with Crippen molar-refractivity contribution in [1.29, 1.82) is 0 Å². The average molecular weight is 205 g/mol. The van der Waals surface area contributed by atoms with E-state index in [0.717, 1.165) is 12.3 Å². The van der Waals surface area contributed by atoms with Crippen molar-refractivity contribution in [3.8, 4) is 0 Å². The second kappa shape index (κ2) is 2.80. The molecular formula is C5H7N3O4S. The second-order valence-corrected chi connectivity index (χ2v) is 4.32. The summed E-state index contributed by atoms with van der Waals surface area (Å²) in [5.41, 5.74) is 0.217. The topological polar surface area (TPSA) is 95.1 Å². The van der Waals surface area contributed by atoms with Gasteiger partial charge in [0.15, 0.2) is 0 Å². The van der Waals surface area contributed by atoms with Gasteiger partial charge in [-0.2, -0.15) is 0 Å². The number of nitrogens with zero attached hydrogens (tertiary/aromatic N) is 3. The molecule has 7 nitrogen and oxygen atoms in total. The first-order valence-electron chi connectivity index (χ1n) is 3.24. The third kappa shape index (κ3) is 1.83. The van der Waals surface area contributed by atoms with Gasteiger partial charge in [-0.25, -0.2) is 8.42 Å². The van der Waals surface area contributed by atoms with Gasteiger partial charge in [-0.1, -0.05) is 4.09 Å². The van der Waals surface area contributed by atoms with Crippen LogP contribution in [-0.2, 0) is 10.0 Å². The summed E-state index contributed by atoms with van der Waals surface area (Å²) in [6, 6.07) is 1.10. The minimum atomic E-state index is -3.55. The molecule has 1 aromatic rings. The molecule has 1 aromatic heterocycles. The molecule has 0 unspecified atom stereocenters. The van der Waals surface area contributed by atoms with Crippen molar-refractivity contribution in [2.75, 3.05) is 6.26 Å². The first-order chi connectivity index (χ1) is 5.82. The fourth-order valence-electron chi connectivity index (χ4n) is 0.868. The molecule has 0 amide bonds. The maximum absolute atomic E-state index is 11.0. The zero-order chi connectivity index (χ0) is 10.2. The lowest BCUT2D eigenvalue weighted by atomic mass is 10.5. The summed E-state index contributed by atoms with van der Waals surface area (Å²) in [5, 5.41) is 13.5. The average Bonchev–Trinajstić information content (AvgIpc) is 2.29. The number of hydrogen-bond donors (Lipinski definition) is 0. The van der Waals surface area contributed by atoms with E-state index in [-0.39, 0.29) is 5.69 Å². The Hall–Kier alpha value is -1.44. The zero-order valence-electron chi connectivity index (χ0n) is 6.96. The Morgan fingerprint density at radius 2 is 2.15 bits per heavy atom. The number of nitro groups is 1. The van der Waals surface area contributed by atoms with Crippen LogP contribution in [0.25, 0.3) is 0 Å². The van der Waals surface area contributed by atoms with Gasteiger partial charge < -0.3 is 10.1 Å². The summed E-state index contributed by atoms with van der Waals surface area (Å²) in [7, 11) is -3.55. The van der Waals surface area contributed by atoms with Crippen molar-refractivity contribution >= 4 is 15.8 Å². The normalized spacial score (nSPS) is 11.5. The number of rotatable bonds is 2. The number of aryl methyl sites for hydroxylation is 1. The van der Waals surface area contributed by atoms with Gasteiger partial charge >= 0.3 is 5.82 Å². The lowest BCUT2D eigenvalue weighted by Gasteiger charge is -1.92. The lowest BCUT2D eigenvalue weighted by Crippen LogP contribution is -2.13. The van der Waals surface area contributed by atoms with E-state index in [2.05, 4.69) is 5.10 Å². The van der Waals surface area contributed by atoms with Crippen LogP contribution in [0.5, 0.6) is 0 Å². The van der Waals surface area contributed by atoms with Crippen LogP contribution in [0, 0.1) is 17.0 Å². The molecule has 0 aliphatic heterocycles. The van der Waals surface area contributed by atoms with Crippen molar-refractivity contribution in [1.82, 2.24) is 9.19 Å². The Labute approximate surface area is 74.2 Å². The van der Waals surface area contributed by atoms with Gasteiger partial charge in [0.05, 0.1) is 23.1 Å². The largest absolute Gasteiger partial charge is 0.391 e. The molecular weight excluding hydrogens is 198 g/mol. The van der Waals surface area contributed by atoms with E-state index in [9.17, 15) is 18.5 Å². The highest BCUT2D eigenvalue weighted by Crippen LogP contribution is 2.11. The molecule has 0 spiro atoms. The highest BCUT2D eigenvalue weighted by molar-refractivity contribution is 7.89. The van der Waals surface area contributed by atoms with Crippen LogP contribution in [0.4, 0.5) is 5.82 Å². The fraction of sp³-hybridized carbons (Fsp3) is 0.400. The molecule has 0 aromatic carbocycles. The molecule has 0 aliphatic rings. The quantitative estimate of drug-likeness (QED) is 0.496. The van der Waals surface area contributed by atoms with Gasteiger partial charge in [0.1, 0.15) is 0 Å². The van der Waals surface area contributed by atoms with E-state index < -0.39 is 20.8 Å². The molecule has 0 N–H and O–H groups in total. The summed E-state index contributed by atoms with van der Waals surface area (Å²) in [5.74, 6) is -0.470. The summed E-state index contributed by atoms with van der Waals surface area (Å²) in [6.07, 6.45) is 0.927. The van der Waals surface area contributed by atoms with Gasteiger partial charge in [-0.05, 0) is 11.8 Å². The third-order valence-electron chi connectivity index (χ3n) is 1.33. The van der Waals surface area contributed by atoms with Crippen LogP contribution in [0.2, 0.25) is 0 Å². The molecule has 0 saturated heterocycles. The Morgan fingerprint density at radius 3 is 2.38 bits per heavy atom. The van der Waals surface area contributed by atoms with Crippen molar-refractivity contribution in [2.24, 2.45) is 0 Å².